The van der Waals surface area contributed by atoms with Crippen molar-refractivity contribution in [3.05, 3.63) is 0 Å². The summed E-state index contributed by atoms with van der Waals surface area (Å²) in [4.78, 5) is 0. The van der Waals surface area contributed by atoms with Crippen LogP contribution in [0.1, 0.15) is 66.2 Å². The maximum Gasteiger partial charge on any atom is 0.462 e. The van der Waals surface area contributed by atoms with Gasteiger partial charge in [-0.05, 0) is 12.8 Å². The van der Waals surface area contributed by atoms with Crippen molar-refractivity contribution in [3.63, 3.8) is 0 Å². The zero-order valence-electron chi connectivity index (χ0n) is 12.3. The summed E-state index contributed by atoms with van der Waals surface area (Å²) < 4.78 is 12.0. The van der Waals surface area contributed by atoms with Gasteiger partial charge in [0.15, 0.2) is 0 Å². The summed E-state index contributed by atoms with van der Waals surface area (Å²) in [7, 11) is 0. The molecule has 0 aromatic carbocycles. The fraction of sp³-hybridized carbons (Fsp3) is 1.00. The molecular formula is C14H31AlO2. The van der Waals surface area contributed by atoms with Crippen molar-refractivity contribution in [2.75, 3.05) is 6.61 Å². The molecule has 0 aromatic heterocycles. The third kappa shape index (κ3) is 10.1. The molecule has 2 nitrogen and oxygen atoms in total. The van der Waals surface area contributed by atoms with Crippen LogP contribution in [0.15, 0.2) is 0 Å². The Bertz CT molecular complexity index is 149. The third-order valence-corrected chi connectivity index (χ3v) is 5.59. The van der Waals surface area contributed by atoms with E-state index >= 15 is 0 Å². The fourth-order valence-corrected chi connectivity index (χ4v) is 3.47. The van der Waals surface area contributed by atoms with Crippen LogP contribution in [0, 0.1) is 0 Å². The Kier molecular flexibility index (Phi) is 13.2. The van der Waals surface area contributed by atoms with E-state index in [1.165, 1.54) is 36.2 Å². The van der Waals surface area contributed by atoms with Gasteiger partial charge in [0.1, 0.15) is 6.29 Å². The minimum Gasteiger partial charge on any atom is -0.478 e. The molecule has 0 bridgehead atoms. The summed E-state index contributed by atoms with van der Waals surface area (Å²) in [5.74, 6) is 0. The molecule has 102 valence electrons. The van der Waals surface area contributed by atoms with E-state index in [9.17, 15) is 0 Å². The van der Waals surface area contributed by atoms with Gasteiger partial charge < -0.3 is 8.53 Å². The Labute approximate surface area is 113 Å². The SMILES string of the molecule is CCCCCCOC(CCC)[O][Al]([CH2]C)[CH2]C. The first-order valence-electron chi connectivity index (χ1n) is 7.55. The standard InChI is InChI=1S/C10H21O2.2C2H5.Al/c1-3-5-6-7-9-12-10(11)8-4-2;2*1-2;/h10H,3-9H2,1-2H3;2*1H2,2H3;/q-1;;;+1. The molecule has 0 amide bonds. The van der Waals surface area contributed by atoms with Crippen LogP contribution in [-0.2, 0) is 8.53 Å². The summed E-state index contributed by atoms with van der Waals surface area (Å²) in [6.45, 7) is 9.79. The highest BCUT2D eigenvalue weighted by atomic mass is 27.2. The Morgan fingerprint density at radius 2 is 1.59 bits per heavy atom. The van der Waals surface area contributed by atoms with Crippen molar-refractivity contribution in [1.82, 2.24) is 0 Å². The minimum absolute atomic E-state index is 0.0817. The Morgan fingerprint density at radius 3 is 2.12 bits per heavy atom. The molecule has 0 radical (unpaired) electrons. The summed E-state index contributed by atoms with van der Waals surface area (Å²) >= 11 is -0.971. The predicted octanol–water partition coefficient (Wildman–Crippen LogP) is 4.76. The quantitative estimate of drug-likeness (QED) is 0.285. The van der Waals surface area contributed by atoms with Crippen LogP contribution in [0.5, 0.6) is 0 Å². The predicted molar refractivity (Wildman–Crippen MR) is 76.6 cm³/mol. The van der Waals surface area contributed by atoms with Crippen LogP contribution in [0.4, 0.5) is 0 Å². The average molecular weight is 258 g/mol. The highest BCUT2D eigenvalue weighted by Gasteiger charge is 2.20. The molecule has 0 heterocycles. The largest absolute Gasteiger partial charge is 0.478 e. The molecule has 0 aromatic rings. The Hall–Kier alpha value is 0.452. The zero-order chi connectivity index (χ0) is 12.9. The van der Waals surface area contributed by atoms with Gasteiger partial charge in [-0.25, -0.2) is 0 Å². The van der Waals surface area contributed by atoms with Crippen LogP contribution < -0.4 is 0 Å². The van der Waals surface area contributed by atoms with E-state index in [1.54, 1.807) is 0 Å². The third-order valence-electron chi connectivity index (χ3n) is 3.08. The van der Waals surface area contributed by atoms with Gasteiger partial charge in [-0.1, -0.05) is 63.9 Å². The molecule has 0 saturated heterocycles. The molecular weight excluding hydrogens is 227 g/mol. The van der Waals surface area contributed by atoms with E-state index < -0.39 is 14.5 Å². The van der Waals surface area contributed by atoms with Crippen LogP contribution >= 0.6 is 0 Å². The van der Waals surface area contributed by atoms with Gasteiger partial charge in [0.2, 0.25) is 0 Å². The average Bonchev–Trinajstić information content (AvgIpc) is 2.35. The van der Waals surface area contributed by atoms with Crippen LogP contribution in [0.25, 0.3) is 0 Å². The number of unbranched alkanes of at least 4 members (excludes halogenated alkanes) is 3. The Balaban J connectivity index is 3.73. The second-order valence-electron chi connectivity index (χ2n) is 4.72. The maximum absolute atomic E-state index is 6.11. The topological polar surface area (TPSA) is 18.5 Å². The van der Waals surface area contributed by atoms with E-state index in [0.717, 1.165) is 19.4 Å². The van der Waals surface area contributed by atoms with Gasteiger partial charge in [-0.3, -0.25) is 0 Å². The highest BCUT2D eigenvalue weighted by molar-refractivity contribution is 6.51. The lowest BCUT2D eigenvalue weighted by molar-refractivity contribution is -0.0886. The molecule has 0 saturated carbocycles. The van der Waals surface area contributed by atoms with Crippen LogP contribution in [-0.4, -0.2) is 27.4 Å². The first kappa shape index (κ1) is 17.5. The molecule has 0 rings (SSSR count). The van der Waals surface area contributed by atoms with Crippen molar-refractivity contribution >= 4 is 14.5 Å². The molecule has 1 unspecified atom stereocenters. The van der Waals surface area contributed by atoms with E-state index in [-0.39, 0.29) is 6.29 Å². The number of rotatable bonds is 12. The normalized spacial score (nSPS) is 12.7. The lowest BCUT2D eigenvalue weighted by Gasteiger charge is -2.22. The second kappa shape index (κ2) is 12.9. The van der Waals surface area contributed by atoms with E-state index in [2.05, 4.69) is 27.7 Å². The number of hydrogen-bond donors (Lipinski definition) is 0. The van der Waals surface area contributed by atoms with Crippen LogP contribution in [0.3, 0.4) is 0 Å². The van der Waals surface area contributed by atoms with Gasteiger partial charge in [-0.15, -0.1) is 0 Å². The Morgan fingerprint density at radius 1 is 0.882 bits per heavy atom. The van der Waals surface area contributed by atoms with Gasteiger partial charge in [0.05, 0.1) is 0 Å². The summed E-state index contributed by atoms with van der Waals surface area (Å²) in [5, 5.41) is 2.44. The van der Waals surface area contributed by atoms with Crippen molar-refractivity contribution in [2.45, 2.75) is 83.1 Å². The maximum atomic E-state index is 6.11. The lowest BCUT2D eigenvalue weighted by atomic mass is 10.2. The molecule has 17 heavy (non-hydrogen) atoms. The van der Waals surface area contributed by atoms with Gasteiger partial charge in [-0.2, -0.15) is 0 Å². The van der Waals surface area contributed by atoms with Gasteiger partial charge >= 0.3 is 14.5 Å². The van der Waals surface area contributed by atoms with E-state index in [4.69, 9.17) is 8.53 Å². The first-order chi connectivity index (χ1) is 8.28. The highest BCUT2D eigenvalue weighted by Crippen LogP contribution is 2.11. The molecule has 0 fully saturated rings. The number of ether oxygens (including phenoxy) is 1. The summed E-state index contributed by atoms with van der Waals surface area (Å²) in [6, 6.07) is 0. The molecule has 0 aliphatic heterocycles. The molecule has 0 N–H and O–H groups in total. The van der Waals surface area contributed by atoms with Gasteiger partial charge in [0.25, 0.3) is 0 Å². The van der Waals surface area contributed by atoms with E-state index in [1.807, 2.05) is 0 Å². The summed E-state index contributed by atoms with van der Waals surface area (Å²) in [5.41, 5.74) is 0. The molecule has 0 aliphatic rings. The second-order valence-corrected chi connectivity index (χ2v) is 7.87. The molecule has 0 aliphatic carbocycles. The minimum atomic E-state index is -0.971. The zero-order valence-corrected chi connectivity index (χ0v) is 13.5. The monoisotopic (exact) mass is 258 g/mol. The smallest absolute Gasteiger partial charge is 0.462 e. The van der Waals surface area contributed by atoms with Gasteiger partial charge in [0, 0.05) is 6.61 Å². The van der Waals surface area contributed by atoms with Crippen molar-refractivity contribution in [1.29, 1.82) is 0 Å². The molecule has 3 heteroatoms. The van der Waals surface area contributed by atoms with Crippen molar-refractivity contribution < 1.29 is 8.53 Å². The first-order valence-corrected chi connectivity index (χ1v) is 9.65. The van der Waals surface area contributed by atoms with Crippen molar-refractivity contribution in [3.8, 4) is 0 Å². The lowest BCUT2D eigenvalue weighted by Crippen LogP contribution is -2.27. The van der Waals surface area contributed by atoms with Crippen LogP contribution in [0.2, 0.25) is 10.6 Å². The number of hydrogen-bond acceptors (Lipinski definition) is 2. The summed E-state index contributed by atoms with van der Waals surface area (Å²) in [6.07, 6.45) is 7.36. The van der Waals surface area contributed by atoms with Crippen molar-refractivity contribution in [2.24, 2.45) is 0 Å². The fourth-order valence-electron chi connectivity index (χ4n) is 1.87. The molecule has 1 atom stereocenters. The van der Waals surface area contributed by atoms with E-state index in [0.29, 0.717) is 0 Å². The molecule has 0 spiro atoms.